The predicted octanol–water partition coefficient (Wildman–Crippen LogP) is -0.0220. The van der Waals surface area contributed by atoms with Crippen LogP contribution >= 0.6 is 0 Å². The Hall–Kier alpha value is -0.690. The van der Waals surface area contributed by atoms with Crippen LogP contribution in [0.1, 0.15) is 19.3 Å². The van der Waals surface area contributed by atoms with E-state index in [-0.39, 0.29) is 11.7 Å². The molecule has 2 rings (SSSR count). The van der Waals surface area contributed by atoms with Crippen molar-refractivity contribution >= 4 is 5.91 Å². The molecule has 0 saturated carbocycles. The third-order valence-corrected chi connectivity index (χ3v) is 3.65. The SMILES string of the molecule is COCCCNC(=O)CN1CCC2(CC1)OCCO2. The van der Waals surface area contributed by atoms with Crippen LogP contribution in [0.3, 0.4) is 0 Å². The second kappa shape index (κ2) is 7.19. The highest BCUT2D eigenvalue weighted by molar-refractivity contribution is 5.77. The molecule has 19 heavy (non-hydrogen) atoms. The first kappa shape index (κ1) is 14.7. The molecule has 2 aliphatic rings. The van der Waals surface area contributed by atoms with Gasteiger partial charge in [-0.25, -0.2) is 0 Å². The number of carbonyl (C=O) groups is 1. The highest BCUT2D eigenvalue weighted by Gasteiger charge is 2.39. The number of hydrogen-bond acceptors (Lipinski definition) is 5. The van der Waals surface area contributed by atoms with Gasteiger partial charge in [0.15, 0.2) is 5.79 Å². The van der Waals surface area contributed by atoms with Crippen molar-refractivity contribution in [2.75, 3.05) is 53.1 Å². The molecule has 0 unspecified atom stereocenters. The minimum absolute atomic E-state index is 0.0836. The van der Waals surface area contributed by atoms with Crippen LogP contribution in [0, 0.1) is 0 Å². The molecule has 2 heterocycles. The quantitative estimate of drug-likeness (QED) is 0.689. The van der Waals surface area contributed by atoms with E-state index in [0.29, 0.717) is 32.9 Å². The standard InChI is InChI=1S/C13H24N2O4/c1-17-8-2-5-14-12(16)11-15-6-3-13(4-7-15)18-9-10-19-13/h2-11H2,1H3,(H,14,16). The largest absolute Gasteiger partial charge is 0.385 e. The number of nitrogens with zero attached hydrogens (tertiary/aromatic N) is 1. The molecule has 6 heteroatoms. The summed E-state index contributed by atoms with van der Waals surface area (Å²) in [6, 6.07) is 0. The van der Waals surface area contributed by atoms with E-state index >= 15 is 0 Å². The van der Waals surface area contributed by atoms with E-state index in [0.717, 1.165) is 32.4 Å². The molecular weight excluding hydrogens is 248 g/mol. The third-order valence-electron chi connectivity index (χ3n) is 3.65. The normalized spacial score (nSPS) is 22.8. The number of piperidine rings is 1. The highest BCUT2D eigenvalue weighted by atomic mass is 16.7. The summed E-state index contributed by atoms with van der Waals surface area (Å²) in [6.07, 6.45) is 2.56. The topological polar surface area (TPSA) is 60.0 Å². The summed E-state index contributed by atoms with van der Waals surface area (Å²) in [5.41, 5.74) is 0. The molecule has 0 aromatic rings. The Balaban J connectivity index is 1.61. The summed E-state index contributed by atoms with van der Waals surface area (Å²) in [6.45, 7) is 4.91. The maximum absolute atomic E-state index is 11.7. The van der Waals surface area contributed by atoms with Crippen molar-refractivity contribution in [1.82, 2.24) is 10.2 Å². The number of likely N-dealkylation sites (tertiary alicyclic amines) is 1. The molecule has 2 fully saturated rings. The molecule has 6 nitrogen and oxygen atoms in total. The van der Waals surface area contributed by atoms with Crippen LogP contribution in [-0.4, -0.2) is 69.7 Å². The number of amides is 1. The van der Waals surface area contributed by atoms with E-state index < -0.39 is 0 Å². The van der Waals surface area contributed by atoms with Crippen molar-refractivity contribution < 1.29 is 19.0 Å². The fraction of sp³-hybridized carbons (Fsp3) is 0.923. The Morgan fingerprint density at radius 2 is 2.00 bits per heavy atom. The van der Waals surface area contributed by atoms with E-state index in [9.17, 15) is 4.79 Å². The van der Waals surface area contributed by atoms with Crippen molar-refractivity contribution in [3.8, 4) is 0 Å². The lowest BCUT2D eigenvalue weighted by atomic mass is 10.0. The number of nitrogens with one attached hydrogen (secondary N) is 1. The monoisotopic (exact) mass is 272 g/mol. The second-order valence-corrected chi connectivity index (χ2v) is 5.08. The zero-order chi connectivity index (χ0) is 13.6. The predicted molar refractivity (Wildman–Crippen MR) is 69.8 cm³/mol. The molecular formula is C13H24N2O4. The zero-order valence-corrected chi connectivity index (χ0v) is 11.7. The smallest absolute Gasteiger partial charge is 0.234 e. The Morgan fingerprint density at radius 1 is 1.32 bits per heavy atom. The number of rotatable bonds is 6. The second-order valence-electron chi connectivity index (χ2n) is 5.08. The van der Waals surface area contributed by atoms with Gasteiger partial charge in [0.2, 0.25) is 5.91 Å². The van der Waals surface area contributed by atoms with E-state index in [1.54, 1.807) is 7.11 Å². The first-order valence-electron chi connectivity index (χ1n) is 7.00. The molecule has 1 amide bonds. The van der Waals surface area contributed by atoms with Crippen molar-refractivity contribution in [2.45, 2.75) is 25.0 Å². The molecule has 2 saturated heterocycles. The maximum Gasteiger partial charge on any atom is 0.234 e. The van der Waals surface area contributed by atoms with Crippen LogP contribution in [0.2, 0.25) is 0 Å². The summed E-state index contributed by atoms with van der Waals surface area (Å²) < 4.78 is 16.3. The lowest BCUT2D eigenvalue weighted by Gasteiger charge is -2.37. The van der Waals surface area contributed by atoms with Crippen molar-refractivity contribution in [3.05, 3.63) is 0 Å². The fourth-order valence-corrected chi connectivity index (χ4v) is 2.54. The number of ether oxygens (including phenoxy) is 3. The molecule has 2 aliphatic heterocycles. The van der Waals surface area contributed by atoms with E-state index in [2.05, 4.69) is 10.2 Å². The van der Waals surface area contributed by atoms with Gasteiger partial charge in [-0.1, -0.05) is 0 Å². The summed E-state index contributed by atoms with van der Waals surface area (Å²) in [5.74, 6) is -0.272. The number of carbonyl (C=O) groups excluding carboxylic acids is 1. The highest BCUT2D eigenvalue weighted by Crippen LogP contribution is 2.30. The average molecular weight is 272 g/mol. The molecule has 0 radical (unpaired) electrons. The average Bonchev–Trinajstić information content (AvgIpc) is 2.86. The molecule has 1 spiro atoms. The van der Waals surface area contributed by atoms with Gasteiger partial charge in [0.05, 0.1) is 19.8 Å². The fourth-order valence-electron chi connectivity index (χ4n) is 2.54. The van der Waals surface area contributed by atoms with Crippen molar-refractivity contribution in [1.29, 1.82) is 0 Å². The molecule has 0 aromatic carbocycles. The van der Waals surface area contributed by atoms with Crippen molar-refractivity contribution in [2.24, 2.45) is 0 Å². The molecule has 0 aromatic heterocycles. The molecule has 1 N–H and O–H groups in total. The Morgan fingerprint density at radius 3 is 2.63 bits per heavy atom. The van der Waals surface area contributed by atoms with Crippen molar-refractivity contribution in [3.63, 3.8) is 0 Å². The van der Waals surface area contributed by atoms with Gasteiger partial charge in [-0.15, -0.1) is 0 Å². The lowest BCUT2D eigenvalue weighted by molar-refractivity contribution is -0.185. The van der Waals surface area contributed by atoms with E-state index in [1.807, 2.05) is 0 Å². The van der Waals surface area contributed by atoms with Crippen LogP contribution in [0.4, 0.5) is 0 Å². The Kier molecular flexibility index (Phi) is 5.57. The van der Waals surface area contributed by atoms with Crippen LogP contribution in [0.15, 0.2) is 0 Å². The summed E-state index contributed by atoms with van der Waals surface area (Å²) >= 11 is 0. The van der Waals surface area contributed by atoms with Crippen LogP contribution in [0.25, 0.3) is 0 Å². The summed E-state index contributed by atoms with van der Waals surface area (Å²) in [7, 11) is 1.67. The van der Waals surface area contributed by atoms with Gasteiger partial charge >= 0.3 is 0 Å². The van der Waals surface area contributed by atoms with Crippen LogP contribution in [0.5, 0.6) is 0 Å². The van der Waals surface area contributed by atoms with E-state index in [4.69, 9.17) is 14.2 Å². The molecule has 110 valence electrons. The van der Waals surface area contributed by atoms with Crippen LogP contribution in [-0.2, 0) is 19.0 Å². The van der Waals surface area contributed by atoms with Gasteiger partial charge < -0.3 is 19.5 Å². The van der Waals surface area contributed by atoms with Gasteiger partial charge in [-0.05, 0) is 6.42 Å². The third kappa shape index (κ3) is 4.42. The first-order valence-corrected chi connectivity index (χ1v) is 7.00. The van der Waals surface area contributed by atoms with Gasteiger partial charge in [0, 0.05) is 46.2 Å². The van der Waals surface area contributed by atoms with Gasteiger partial charge in [-0.2, -0.15) is 0 Å². The molecule has 0 atom stereocenters. The minimum atomic E-state index is -0.356. The minimum Gasteiger partial charge on any atom is -0.385 e. The molecule has 0 aliphatic carbocycles. The van der Waals surface area contributed by atoms with Gasteiger partial charge in [0.1, 0.15) is 0 Å². The van der Waals surface area contributed by atoms with E-state index in [1.165, 1.54) is 0 Å². The Bertz CT molecular complexity index is 282. The van der Waals surface area contributed by atoms with Gasteiger partial charge in [0.25, 0.3) is 0 Å². The zero-order valence-electron chi connectivity index (χ0n) is 11.7. The Labute approximate surface area is 114 Å². The van der Waals surface area contributed by atoms with Gasteiger partial charge in [-0.3, -0.25) is 9.69 Å². The maximum atomic E-state index is 11.7. The van der Waals surface area contributed by atoms with Crippen LogP contribution < -0.4 is 5.32 Å². The first-order chi connectivity index (χ1) is 9.24. The number of methoxy groups -OCH3 is 1. The summed E-state index contributed by atoms with van der Waals surface area (Å²) in [5, 5.41) is 2.90. The molecule has 0 bridgehead atoms. The lowest BCUT2D eigenvalue weighted by Crippen LogP contribution is -2.48. The number of hydrogen-bond donors (Lipinski definition) is 1. The summed E-state index contributed by atoms with van der Waals surface area (Å²) in [4.78, 5) is 13.9.